The Kier molecular flexibility index (Phi) is 10.7. The van der Waals surface area contributed by atoms with Crippen LogP contribution >= 0.6 is 24.8 Å². The van der Waals surface area contributed by atoms with Crippen molar-refractivity contribution in [2.24, 2.45) is 17.6 Å². The van der Waals surface area contributed by atoms with Crippen LogP contribution in [0.4, 0.5) is 0 Å². The van der Waals surface area contributed by atoms with E-state index in [0.717, 1.165) is 58.3 Å². The fraction of sp³-hybridized carbons (Fsp3) is 0.938. The van der Waals surface area contributed by atoms with E-state index in [1.807, 2.05) is 18.9 Å². The van der Waals surface area contributed by atoms with Crippen molar-refractivity contribution in [1.82, 2.24) is 9.80 Å². The standard InChI is InChI=1S/C16H31N3O2.2ClH/c1-12(20)10-19-8-6-13(7-9-19)11-18(2)16(21)14-4-3-5-15(14)17;;/h12-15,20H,3-11,17H2,1-2H3;2*1H. The van der Waals surface area contributed by atoms with Gasteiger partial charge in [-0.2, -0.15) is 0 Å². The van der Waals surface area contributed by atoms with Crippen LogP contribution < -0.4 is 5.73 Å². The molecule has 1 amide bonds. The number of aliphatic hydroxyl groups is 1. The molecule has 1 aliphatic carbocycles. The number of aliphatic hydroxyl groups excluding tert-OH is 1. The molecule has 7 heteroatoms. The Labute approximate surface area is 152 Å². The lowest BCUT2D eigenvalue weighted by Crippen LogP contribution is -2.44. The number of nitrogens with two attached hydrogens (primary N) is 1. The highest BCUT2D eigenvalue weighted by Crippen LogP contribution is 2.26. The first-order valence-electron chi connectivity index (χ1n) is 8.38. The molecule has 0 radical (unpaired) electrons. The third kappa shape index (κ3) is 6.75. The molecular weight excluding hydrogens is 337 g/mol. The average molecular weight is 370 g/mol. The third-order valence-electron chi connectivity index (χ3n) is 5.02. The van der Waals surface area contributed by atoms with Crippen LogP contribution in [0, 0.1) is 11.8 Å². The van der Waals surface area contributed by atoms with Crippen LogP contribution in [-0.4, -0.2) is 66.2 Å². The maximum absolute atomic E-state index is 12.4. The maximum Gasteiger partial charge on any atom is 0.226 e. The topological polar surface area (TPSA) is 69.8 Å². The van der Waals surface area contributed by atoms with Crippen LogP contribution in [-0.2, 0) is 4.79 Å². The quantitative estimate of drug-likeness (QED) is 0.770. The summed E-state index contributed by atoms with van der Waals surface area (Å²) in [5.74, 6) is 0.874. The second kappa shape index (κ2) is 10.7. The van der Waals surface area contributed by atoms with E-state index in [-0.39, 0.29) is 48.8 Å². The summed E-state index contributed by atoms with van der Waals surface area (Å²) in [6.45, 7) is 5.51. The molecule has 1 aliphatic heterocycles. The molecule has 2 fully saturated rings. The number of β-amino-alcohol motifs (C(OH)–C–C–N with tert-alkyl or cyclic N) is 1. The summed E-state index contributed by atoms with van der Waals surface area (Å²) < 4.78 is 0. The van der Waals surface area contributed by atoms with Gasteiger partial charge in [0, 0.05) is 26.2 Å². The summed E-state index contributed by atoms with van der Waals surface area (Å²) in [6.07, 6.45) is 5.00. The molecule has 0 aromatic carbocycles. The number of carbonyl (C=O) groups excluding carboxylic acids is 1. The lowest BCUT2D eigenvalue weighted by atomic mass is 9.95. The van der Waals surface area contributed by atoms with Gasteiger partial charge in [-0.05, 0) is 51.6 Å². The van der Waals surface area contributed by atoms with Crippen molar-refractivity contribution in [2.75, 3.05) is 33.2 Å². The van der Waals surface area contributed by atoms with Gasteiger partial charge in [-0.15, -0.1) is 24.8 Å². The average Bonchev–Trinajstić information content (AvgIpc) is 2.85. The predicted octanol–water partition coefficient (Wildman–Crippen LogP) is 1.51. The number of hydrogen-bond donors (Lipinski definition) is 2. The first kappa shape index (κ1) is 22.9. The first-order valence-corrected chi connectivity index (χ1v) is 8.38. The van der Waals surface area contributed by atoms with Gasteiger partial charge in [0.2, 0.25) is 5.91 Å². The number of nitrogens with zero attached hydrogens (tertiary/aromatic N) is 2. The Morgan fingerprint density at radius 1 is 1.26 bits per heavy atom. The Morgan fingerprint density at radius 3 is 2.35 bits per heavy atom. The van der Waals surface area contributed by atoms with Gasteiger partial charge in [-0.1, -0.05) is 6.42 Å². The largest absolute Gasteiger partial charge is 0.392 e. The Bertz CT molecular complexity index is 350. The zero-order valence-electron chi connectivity index (χ0n) is 14.3. The van der Waals surface area contributed by atoms with Crippen molar-refractivity contribution in [3.63, 3.8) is 0 Å². The number of halogens is 2. The lowest BCUT2D eigenvalue weighted by Gasteiger charge is -2.35. The fourth-order valence-corrected chi connectivity index (χ4v) is 3.78. The van der Waals surface area contributed by atoms with Gasteiger partial charge in [0.25, 0.3) is 0 Å². The minimum atomic E-state index is -0.255. The van der Waals surface area contributed by atoms with Crippen LogP contribution in [0.15, 0.2) is 0 Å². The van der Waals surface area contributed by atoms with Gasteiger partial charge in [0.15, 0.2) is 0 Å². The summed E-state index contributed by atoms with van der Waals surface area (Å²) in [4.78, 5) is 16.7. The highest BCUT2D eigenvalue weighted by molar-refractivity contribution is 5.85. The van der Waals surface area contributed by atoms with Crippen molar-refractivity contribution in [3.05, 3.63) is 0 Å². The number of rotatable bonds is 5. The van der Waals surface area contributed by atoms with Gasteiger partial charge in [0.05, 0.1) is 12.0 Å². The fourth-order valence-electron chi connectivity index (χ4n) is 3.78. The Morgan fingerprint density at radius 2 is 1.87 bits per heavy atom. The van der Waals surface area contributed by atoms with E-state index in [1.54, 1.807) is 0 Å². The zero-order chi connectivity index (χ0) is 15.4. The van der Waals surface area contributed by atoms with Gasteiger partial charge in [-0.3, -0.25) is 4.79 Å². The number of piperidine rings is 1. The van der Waals surface area contributed by atoms with Gasteiger partial charge >= 0.3 is 0 Å². The normalized spacial score (nSPS) is 27.0. The minimum Gasteiger partial charge on any atom is -0.392 e. The molecule has 3 unspecified atom stereocenters. The van der Waals surface area contributed by atoms with E-state index in [2.05, 4.69) is 4.90 Å². The monoisotopic (exact) mass is 369 g/mol. The van der Waals surface area contributed by atoms with Crippen LogP contribution in [0.5, 0.6) is 0 Å². The minimum absolute atomic E-state index is 0. The van der Waals surface area contributed by atoms with E-state index in [0.29, 0.717) is 5.92 Å². The predicted molar refractivity (Wildman–Crippen MR) is 98.3 cm³/mol. The van der Waals surface area contributed by atoms with E-state index >= 15 is 0 Å². The van der Waals surface area contributed by atoms with E-state index < -0.39 is 0 Å². The summed E-state index contributed by atoms with van der Waals surface area (Å²) in [7, 11) is 1.93. The van der Waals surface area contributed by atoms with Gasteiger partial charge in [-0.25, -0.2) is 0 Å². The van der Waals surface area contributed by atoms with Crippen molar-refractivity contribution in [1.29, 1.82) is 0 Å². The molecule has 23 heavy (non-hydrogen) atoms. The molecule has 2 aliphatic rings. The maximum atomic E-state index is 12.4. The number of carbonyl (C=O) groups is 1. The molecule has 0 bridgehead atoms. The molecule has 1 saturated carbocycles. The molecule has 1 heterocycles. The first-order chi connectivity index (χ1) is 9.97. The molecule has 3 atom stereocenters. The summed E-state index contributed by atoms with van der Waals surface area (Å²) in [5.41, 5.74) is 6.04. The van der Waals surface area contributed by atoms with E-state index in [9.17, 15) is 9.90 Å². The third-order valence-corrected chi connectivity index (χ3v) is 5.02. The second-order valence-electron chi connectivity index (χ2n) is 7.01. The van der Waals surface area contributed by atoms with Crippen molar-refractivity contribution < 1.29 is 9.90 Å². The molecule has 0 aromatic rings. The summed E-state index contributed by atoms with van der Waals surface area (Å²) in [5, 5.41) is 9.43. The smallest absolute Gasteiger partial charge is 0.226 e. The Hall–Kier alpha value is -0.0700. The molecule has 5 nitrogen and oxygen atoms in total. The van der Waals surface area contributed by atoms with E-state index in [4.69, 9.17) is 5.73 Å². The van der Waals surface area contributed by atoms with Crippen LogP contribution in [0.25, 0.3) is 0 Å². The molecular formula is C16H33Cl2N3O2. The SMILES string of the molecule is CC(O)CN1CCC(CN(C)C(=O)C2CCCC2N)CC1.Cl.Cl. The van der Waals surface area contributed by atoms with Crippen LogP contribution in [0.2, 0.25) is 0 Å². The number of likely N-dealkylation sites (tertiary alicyclic amines) is 1. The van der Waals surface area contributed by atoms with Crippen LogP contribution in [0.1, 0.15) is 39.0 Å². The Balaban J connectivity index is 0.00000242. The van der Waals surface area contributed by atoms with Crippen molar-refractivity contribution in [3.8, 4) is 0 Å². The van der Waals surface area contributed by atoms with Crippen LogP contribution in [0.3, 0.4) is 0 Å². The van der Waals surface area contributed by atoms with Gasteiger partial charge < -0.3 is 20.6 Å². The second-order valence-corrected chi connectivity index (χ2v) is 7.01. The molecule has 3 N–H and O–H groups in total. The molecule has 0 spiro atoms. The zero-order valence-corrected chi connectivity index (χ0v) is 16.0. The summed E-state index contributed by atoms with van der Waals surface area (Å²) >= 11 is 0. The number of amides is 1. The van der Waals surface area contributed by atoms with E-state index in [1.165, 1.54) is 0 Å². The lowest BCUT2D eigenvalue weighted by molar-refractivity contribution is -0.135. The molecule has 0 aromatic heterocycles. The highest BCUT2D eigenvalue weighted by atomic mass is 35.5. The molecule has 2 rings (SSSR count). The highest BCUT2D eigenvalue weighted by Gasteiger charge is 2.33. The number of hydrogen-bond acceptors (Lipinski definition) is 4. The van der Waals surface area contributed by atoms with Gasteiger partial charge in [0.1, 0.15) is 0 Å². The van der Waals surface area contributed by atoms with Crippen molar-refractivity contribution >= 4 is 30.7 Å². The molecule has 1 saturated heterocycles. The van der Waals surface area contributed by atoms with Crippen molar-refractivity contribution in [2.45, 2.75) is 51.2 Å². The summed E-state index contributed by atoms with van der Waals surface area (Å²) in [6, 6.07) is 0.0628. The molecule has 138 valence electrons.